The molecule has 5 N–H and O–H groups in total. The van der Waals surface area contributed by atoms with Crippen LogP contribution in [0, 0.1) is 0 Å². The van der Waals surface area contributed by atoms with Crippen molar-refractivity contribution >= 4 is 128 Å². The molecule has 0 bridgehead atoms. The summed E-state index contributed by atoms with van der Waals surface area (Å²) in [4.78, 5) is 17.4. The largest absolute Gasteiger partial charge is 1.00 e. The average Bonchev–Trinajstić information content (AvgIpc) is 3.12. The number of hydrogen-bond acceptors (Lipinski definition) is 20. The van der Waals surface area contributed by atoms with Crippen molar-refractivity contribution in [2.45, 2.75) is 14.7 Å². The molecule has 0 aliphatic rings. The molecule has 0 aliphatic carbocycles. The van der Waals surface area contributed by atoms with E-state index < -0.39 is 78.6 Å². The number of rotatable bonds is 12. The van der Waals surface area contributed by atoms with Gasteiger partial charge in [-0.15, -0.1) is 10.2 Å². The second-order valence-corrected chi connectivity index (χ2v) is 16.3. The molecule has 2 heterocycles. The van der Waals surface area contributed by atoms with Crippen molar-refractivity contribution in [2.24, 2.45) is 10.2 Å². The van der Waals surface area contributed by atoms with Crippen LogP contribution in [-0.2, 0) is 30.4 Å². The Bertz CT molecular complexity index is 3000. The summed E-state index contributed by atoms with van der Waals surface area (Å²) in [5.41, 5.74) is -1.32. The number of nitrogens with zero attached hydrogens (tertiary/aromatic N) is 7. The number of aromatic nitrogens is 5. The Morgan fingerprint density at radius 1 is 0.683 bits per heavy atom. The molecule has 0 saturated heterocycles. The normalized spacial score (nSPS) is 11.6. The summed E-state index contributed by atoms with van der Waals surface area (Å²) >= 11 is 18.1. The topological polar surface area (TPSA) is 329 Å². The molecule has 0 amide bonds. The van der Waals surface area contributed by atoms with Crippen LogP contribution in [0.2, 0.25) is 15.5 Å². The van der Waals surface area contributed by atoms with Crippen molar-refractivity contribution in [3.63, 3.8) is 0 Å². The number of anilines is 7. The minimum absolute atomic E-state index is 0. The summed E-state index contributed by atoms with van der Waals surface area (Å²) in [5, 5.41) is 31.2. The summed E-state index contributed by atoms with van der Waals surface area (Å²) in [6.45, 7) is 0. The van der Waals surface area contributed by atoms with Crippen LogP contribution in [0.1, 0.15) is 0 Å². The van der Waals surface area contributed by atoms with Gasteiger partial charge in [-0.1, -0.05) is 47.2 Å². The Morgan fingerprint density at radius 3 is 1.92 bits per heavy atom. The van der Waals surface area contributed by atoms with Gasteiger partial charge < -0.3 is 35.5 Å². The molecule has 0 atom stereocenters. The van der Waals surface area contributed by atoms with Crippen LogP contribution < -0.4 is 115 Å². The number of benzene rings is 4. The zero-order valence-corrected chi connectivity index (χ0v) is 41.7. The molecule has 0 radical (unpaired) electrons. The Kier molecular flexibility index (Phi) is 17.9. The first-order valence-corrected chi connectivity index (χ1v) is 20.6. The van der Waals surface area contributed by atoms with Gasteiger partial charge in [0, 0.05) is 24.1 Å². The molecule has 0 fully saturated rings. The first kappa shape index (κ1) is 51.8. The quantitative estimate of drug-likeness (QED) is 0.0262. The van der Waals surface area contributed by atoms with Gasteiger partial charge in [0.05, 0.1) is 15.5 Å². The monoisotopic (exact) mass is 963 g/mol. The summed E-state index contributed by atoms with van der Waals surface area (Å²) in [7, 11) is -14.3. The molecule has 2 aromatic heterocycles. The van der Waals surface area contributed by atoms with Crippen molar-refractivity contribution in [1.29, 1.82) is 0 Å². The van der Waals surface area contributed by atoms with Crippen LogP contribution in [0.25, 0.3) is 10.8 Å². The van der Waals surface area contributed by atoms with Gasteiger partial charge in [-0.25, -0.2) is 21.8 Å². The third-order valence-corrected chi connectivity index (χ3v) is 10.8. The van der Waals surface area contributed by atoms with Gasteiger partial charge in [0.25, 0.3) is 10.1 Å². The zero-order valence-electron chi connectivity index (χ0n) is 31.0. The van der Waals surface area contributed by atoms with Crippen LogP contribution >= 0.6 is 34.8 Å². The van der Waals surface area contributed by atoms with E-state index >= 15 is 0 Å². The molecule has 0 saturated carbocycles. The van der Waals surface area contributed by atoms with Gasteiger partial charge in [0.15, 0.2) is 11.0 Å². The minimum Gasteiger partial charge on any atom is -0.870 e. The van der Waals surface area contributed by atoms with Gasteiger partial charge in [0.2, 0.25) is 23.1 Å². The van der Waals surface area contributed by atoms with Crippen LogP contribution in [0.3, 0.4) is 0 Å². The zero-order chi connectivity index (χ0) is 41.4. The smallest absolute Gasteiger partial charge is 0.870 e. The Labute approximate surface area is 421 Å². The molecule has 60 heavy (non-hydrogen) atoms. The molecule has 30 heteroatoms. The fourth-order valence-corrected chi connectivity index (χ4v) is 7.28. The average molecular weight is 965 g/mol. The van der Waals surface area contributed by atoms with Crippen molar-refractivity contribution in [3.05, 3.63) is 82.2 Å². The third-order valence-electron chi connectivity index (χ3n) is 7.33. The molecular formula is C30H19Cl3N11Na3O10S3. The Balaban J connectivity index is 0.00000320. The van der Waals surface area contributed by atoms with E-state index in [2.05, 4.69) is 56.4 Å². The molecule has 6 aromatic rings. The number of fused-ring (bicyclic) bond motifs is 1. The van der Waals surface area contributed by atoms with Gasteiger partial charge >= 0.3 is 88.7 Å². The third kappa shape index (κ3) is 12.3. The maximum Gasteiger partial charge on any atom is 1.00 e. The summed E-state index contributed by atoms with van der Waals surface area (Å²) in [6, 6.07) is 12.9. The number of azo groups is 1. The maximum atomic E-state index is 14.0. The molecule has 0 unspecified atom stereocenters. The second-order valence-electron chi connectivity index (χ2n) is 11.1. The molecule has 0 spiro atoms. The van der Waals surface area contributed by atoms with E-state index in [1.807, 2.05) is 0 Å². The fraction of sp³-hybridized carbons (Fsp3) is 0.0333. The molecular weight excluding hydrogens is 946 g/mol. The van der Waals surface area contributed by atoms with Crippen LogP contribution in [-0.4, -0.2) is 70.9 Å². The standard InChI is InChI=1S/C30H22Cl3N11O10S3.3Na/c1-34-28-40-29(36-15-6-4-5-14(11-15)35-26-22(31)25(32)38-27(33)39-26)42-30(41-28)37-18-12-16(55(46,47)48)9-13-10-20(57(52,53)54)23(24(45)21(13)18)44-43-17-7-2-3-8-19(17)56(49,50)51;;;/h2-12,45H,1H3,(H,35,38,39)(H,46,47,48)(H,49,50,51)(H,52,53,54)(H3,34,36,37,40,41,42);;;/q;3*+1/p-3. The van der Waals surface area contributed by atoms with E-state index in [0.717, 1.165) is 18.2 Å². The van der Waals surface area contributed by atoms with Crippen LogP contribution in [0.15, 0.2) is 91.6 Å². The van der Waals surface area contributed by atoms with Gasteiger partial charge in [-0.2, -0.15) is 28.4 Å². The molecule has 21 nitrogen and oxygen atoms in total. The van der Waals surface area contributed by atoms with Gasteiger partial charge in [0.1, 0.15) is 35.8 Å². The first-order valence-electron chi connectivity index (χ1n) is 15.2. The Hall–Kier alpha value is -2.57. The van der Waals surface area contributed by atoms with E-state index in [4.69, 9.17) is 34.8 Å². The fourth-order valence-electron chi connectivity index (χ4n) is 4.97. The Morgan fingerprint density at radius 2 is 1.30 bits per heavy atom. The van der Waals surface area contributed by atoms with Crippen molar-refractivity contribution in [3.8, 4) is 5.75 Å². The summed E-state index contributed by atoms with van der Waals surface area (Å²) in [5.74, 6) is -1.78. The predicted octanol–water partition coefficient (Wildman–Crippen LogP) is -3.40. The second kappa shape index (κ2) is 20.7. The number of halogens is 3. The SMILES string of the molecule is CNc1nc(Nc2cccc(Nc3nc(Cl)nc(Cl)c3Cl)c2)nc(Nc2cc(S(=O)(=O)[O-])cc3cc(S(=O)(=O)O)c(N=Nc4ccccc4S(=O)(=O)[O-])c([O-])c23)n1.[Na+].[Na+].[Na+]. The molecule has 0 aliphatic heterocycles. The van der Waals surface area contributed by atoms with Crippen LogP contribution in [0.4, 0.5) is 52.1 Å². The van der Waals surface area contributed by atoms with Crippen molar-refractivity contribution < 1.29 is 133 Å². The molecule has 296 valence electrons. The van der Waals surface area contributed by atoms with E-state index in [0.29, 0.717) is 23.5 Å². The van der Waals surface area contributed by atoms with E-state index in [1.54, 1.807) is 24.3 Å². The molecule has 6 rings (SSSR count). The predicted molar refractivity (Wildman–Crippen MR) is 202 cm³/mol. The number of nitrogens with one attached hydrogen (secondary N) is 4. The summed E-state index contributed by atoms with van der Waals surface area (Å²) < 4.78 is 107. The van der Waals surface area contributed by atoms with Gasteiger partial charge in [-0.05, 0) is 70.9 Å². The van der Waals surface area contributed by atoms with E-state index in [1.165, 1.54) is 19.2 Å². The van der Waals surface area contributed by atoms with Gasteiger partial charge in [-0.3, -0.25) is 4.55 Å². The van der Waals surface area contributed by atoms with Crippen molar-refractivity contribution in [1.82, 2.24) is 24.9 Å². The number of hydrogen-bond donors (Lipinski definition) is 5. The van der Waals surface area contributed by atoms with Crippen LogP contribution in [0.5, 0.6) is 5.75 Å². The minimum atomic E-state index is -5.34. The molecule has 4 aromatic carbocycles. The van der Waals surface area contributed by atoms with Crippen molar-refractivity contribution in [2.75, 3.05) is 28.3 Å². The van der Waals surface area contributed by atoms with E-state index in [9.17, 15) is 44.0 Å². The van der Waals surface area contributed by atoms with E-state index in [-0.39, 0.29) is 128 Å². The first-order chi connectivity index (χ1) is 26.7. The summed E-state index contributed by atoms with van der Waals surface area (Å²) in [6.07, 6.45) is 0. The maximum absolute atomic E-state index is 14.0.